The number of H-pyrrole nitrogens is 1. The van der Waals surface area contributed by atoms with Gasteiger partial charge in [0.1, 0.15) is 24.5 Å². The fourth-order valence-electron chi connectivity index (χ4n) is 2.59. The molecule has 0 aliphatic carbocycles. The second-order valence-corrected chi connectivity index (χ2v) is 5.60. The van der Waals surface area contributed by atoms with Crippen LogP contribution >= 0.6 is 0 Å². The third-order valence-electron chi connectivity index (χ3n) is 3.75. The molecular weight excluding hydrogens is 358 g/mol. The quantitative estimate of drug-likeness (QED) is 0.253. The van der Waals surface area contributed by atoms with E-state index in [1.807, 2.05) is 4.98 Å². The van der Waals surface area contributed by atoms with E-state index in [1.165, 1.54) is 0 Å². The summed E-state index contributed by atoms with van der Waals surface area (Å²) in [5.41, 5.74) is -1.65. The molecule has 2 heterocycles. The van der Waals surface area contributed by atoms with Gasteiger partial charge in [0, 0.05) is 12.3 Å². The Balaban J connectivity index is 2.26. The molecule has 1 aliphatic heterocycles. The molecule has 1 unspecified atom stereocenters. The predicted molar refractivity (Wildman–Crippen MR) is 80.1 cm³/mol. The van der Waals surface area contributed by atoms with Crippen molar-refractivity contribution in [1.82, 2.24) is 14.5 Å². The van der Waals surface area contributed by atoms with E-state index >= 15 is 0 Å². The molecule has 1 fully saturated rings. The largest absolute Gasteiger partial charge is 0.480 e. The van der Waals surface area contributed by atoms with Crippen molar-refractivity contribution in [1.29, 1.82) is 0 Å². The first-order chi connectivity index (χ1) is 12.1. The molecule has 13 heteroatoms. The van der Waals surface area contributed by atoms with Crippen molar-refractivity contribution in [2.24, 2.45) is 0 Å². The van der Waals surface area contributed by atoms with Crippen LogP contribution in [0.1, 0.15) is 6.23 Å². The fourth-order valence-corrected chi connectivity index (χ4v) is 2.59. The Bertz CT molecular complexity index is 773. The van der Waals surface area contributed by atoms with E-state index in [2.05, 4.69) is 0 Å². The van der Waals surface area contributed by atoms with Crippen molar-refractivity contribution in [3.63, 3.8) is 0 Å². The van der Waals surface area contributed by atoms with E-state index in [0.29, 0.717) is 4.90 Å². The van der Waals surface area contributed by atoms with Crippen LogP contribution in [-0.4, -0.2) is 89.6 Å². The molecule has 0 amide bonds. The molecule has 0 bridgehead atoms. The number of rotatable bonds is 7. The zero-order chi connectivity index (χ0) is 19.6. The standard InChI is InChI=1S/C13H17N3O10/c17-5-1-2-16(13(25)14-5)12-9(23)8(22)10(26-12)11(24)15(3-6(18)19)4-7(20)21/h1-2,8-12,22-24H,3-4H2,(H,18,19)(H,20,21)(H,14,17,25)/t8-,9+,10-,11?,12+/m0/s1. The number of aromatic nitrogens is 2. The highest BCUT2D eigenvalue weighted by Gasteiger charge is 2.49. The first-order valence-corrected chi connectivity index (χ1v) is 7.30. The molecule has 0 saturated carbocycles. The molecule has 1 saturated heterocycles. The molecule has 2 rings (SSSR count). The summed E-state index contributed by atoms with van der Waals surface area (Å²) in [5.74, 6) is -2.88. The lowest BCUT2D eigenvalue weighted by molar-refractivity contribution is -0.163. The molecule has 0 radical (unpaired) electrons. The lowest BCUT2D eigenvalue weighted by Gasteiger charge is -2.30. The molecule has 6 N–H and O–H groups in total. The normalized spacial score (nSPS) is 26.8. The maximum atomic E-state index is 11.8. The van der Waals surface area contributed by atoms with Gasteiger partial charge in [-0.1, -0.05) is 0 Å². The summed E-state index contributed by atoms with van der Waals surface area (Å²) in [7, 11) is 0. The second-order valence-electron chi connectivity index (χ2n) is 5.60. The van der Waals surface area contributed by atoms with E-state index in [0.717, 1.165) is 16.8 Å². The summed E-state index contributed by atoms with van der Waals surface area (Å²) >= 11 is 0. The molecule has 1 aromatic rings. The van der Waals surface area contributed by atoms with Crippen LogP contribution in [0.3, 0.4) is 0 Å². The Kier molecular flexibility index (Phi) is 5.89. The number of nitrogens with zero attached hydrogens (tertiary/aromatic N) is 2. The third-order valence-corrected chi connectivity index (χ3v) is 3.75. The zero-order valence-corrected chi connectivity index (χ0v) is 13.1. The van der Waals surface area contributed by atoms with Gasteiger partial charge < -0.3 is 30.3 Å². The molecule has 1 aliphatic rings. The van der Waals surface area contributed by atoms with Crippen LogP contribution in [0.4, 0.5) is 0 Å². The SMILES string of the molecule is O=C(O)CN(CC(=O)O)C(O)[C@H]1O[C@@H](n2ccc(=O)[nH]c2=O)[C@H](O)[C@@H]1O. The van der Waals surface area contributed by atoms with Gasteiger partial charge in [0.15, 0.2) is 6.23 Å². The van der Waals surface area contributed by atoms with Gasteiger partial charge in [0.05, 0.1) is 13.1 Å². The summed E-state index contributed by atoms with van der Waals surface area (Å²) in [6, 6.07) is 0.967. The minimum atomic E-state index is -1.91. The summed E-state index contributed by atoms with van der Waals surface area (Å²) in [5, 5.41) is 48.0. The average molecular weight is 375 g/mol. The minimum absolute atomic E-state index is 0.600. The Morgan fingerprint density at radius 1 is 1.19 bits per heavy atom. The number of carbonyl (C=O) groups is 2. The molecule has 144 valence electrons. The Labute approximate surface area is 144 Å². The van der Waals surface area contributed by atoms with Crippen LogP contribution < -0.4 is 11.2 Å². The molecular formula is C13H17N3O10. The molecule has 5 atom stereocenters. The van der Waals surface area contributed by atoms with Crippen LogP contribution in [0, 0.1) is 0 Å². The van der Waals surface area contributed by atoms with Gasteiger partial charge in [-0.2, -0.15) is 0 Å². The van der Waals surface area contributed by atoms with Gasteiger partial charge in [-0.15, -0.1) is 0 Å². The summed E-state index contributed by atoms with van der Waals surface area (Å²) < 4.78 is 6.03. The van der Waals surface area contributed by atoms with E-state index in [4.69, 9.17) is 14.9 Å². The highest BCUT2D eigenvalue weighted by Crippen LogP contribution is 2.30. The number of aliphatic carboxylic acids is 2. The summed E-state index contributed by atoms with van der Waals surface area (Å²) in [4.78, 5) is 47.1. The molecule has 0 spiro atoms. The van der Waals surface area contributed by atoms with E-state index in [1.54, 1.807) is 0 Å². The number of hydrogen-bond donors (Lipinski definition) is 6. The van der Waals surface area contributed by atoms with Crippen molar-refractivity contribution in [2.75, 3.05) is 13.1 Å². The Hall–Kier alpha value is -2.58. The van der Waals surface area contributed by atoms with Gasteiger partial charge in [-0.3, -0.25) is 28.8 Å². The Morgan fingerprint density at radius 3 is 2.27 bits per heavy atom. The van der Waals surface area contributed by atoms with Crippen molar-refractivity contribution in [2.45, 2.75) is 30.8 Å². The van der Waals surface area contributed by atoms with Crippen LogP contribution in [0.5, 0.6) is 0 Å². The summed E-state index contributed by atoms with van der Waals surface area (Å²) in [6.07, 6.45) is -7.50. The predicted octanol–water partition coefficient (Wildman–Crippen LogP) is -4.05. The van der Waals surface area contributed by atoms with Crippen molar-refractivity contribution in [3.05, 3.63) is 33.1 Å². The first-order valence-electron chi connectivity index (χ1n) is 7.30. The van der Waals surface area contributed by atoms with Gasteiger partial charge in [-0.05, 0) is 0 Å². The van der Waals surface area contributed by atoms with Gasteiger partial charge in [-0.25, -0.2) is 4.79 Å². The number of nitrogens with one attached hydrogen (secondary N) is 1. The smallest absolute Gasteiger partial charge is 0.330 e. The fraction of sp³-hybridized carbons (Fsp3) is 0.538. The van der Waals surface area contributed by atoms with Crippen molar-refractivity contribution < 1.29 is 39.9 Å². The molecule has 0 aromatic carbocycles. The van der Waals surface area contributed by atoms with Crippen LogP contribution in [0.2, 0.25) is 0 Å². The zero-order valence-electron chi connectivity index (χ0n) is 13.1. The number of hydrogen-bond acceptors (Lipinski definition) is 9. The van der Waals surface area contributed by atoms with Gasteiger partial charge in [0.2, 0.25) is 0 Å². The maximum absolute atomic E-state index is 11.8. The summed E-state index contributed by atoms with van der Waals surface area (Å²) in [6.45, 7) is -1.75. The molecule has 13 nitrogen and oxygen atoms in total. The Morgan fingerprint density at radius 2 is 1.77 bits per heavy atom. The van der Waals surface area contributed by atoms with E-state index < -0.39 is 67.0 Å². The lowest BCUT2D eigenvalue weighted by atomic mass is 10.1. The first kappa shape index (κ1) is 19.7. The number of aromatic amines is 1. The van der Waals surface area contributed by atoms with E-state index in [9.17, 15) is 34.5 Å². The number of ether oxygens (including phenoxy) is 1. The monoisotopic (exact) mass is 375 g/mol. The average Bonchev–Trinajstić information content (AvgIpc) is 2.81. The van der Waals surface area contributed by atoms with Crippen LogP contribution in [-0.2, 0) is 14.3 Å². The topological polar surface area (TPSA) is 203 Å². The lowest BCUT2D eigenvalue weighted by Crippen LogP contribution is -2.52. The third kappa shape index (κ3) is 4.14. The number of carboxylic acids is 2. The molecule has 26 heavy (non-hydrogen) atoms. The van der Waals surface area contributed by atoms with E-state index in [-0.39, 0.29) is 0 Å². The number of aliphatic hydroxyl groups excluding tert-OH is 3. The van der Waals surface area contributed by atoms with Crippen LogP contribution in [0.25, 0.3) is 0 Å². The highest BCUT2D eigenvalue weighted by molar-refractivity contribution is 5.72. The van der Waals surface area contributed by atoms with Gasteiger partial charge in [0.25, 0.3) is 5.56 Å². The highest BCUT2D eigenvalue weighted by atomic mass is 16.6. The maximum Gasteiger partial charge on any atom is 0.330 e. The van der Waals surface area contributed by atoms with Gasteiger partial charge >= 0.3 is 17.6 Å². The van der Waals surface area contributed by atoms with Crippen molar-refractivity contribution in [3.8, 4) is 0 Å². The second kappa shape index (κ2) is 7.76. The van der Waals surface area contributed by atoms with Crippen LogP contribution in [0.15, 0.2) is 21.9 Å². The number of carboxylic acid groups (broad SMARTS) is 2. The number of aliphatic hydroxyl groups is 3. The van der Waals surface area contributed by atoms with Crippen molar-refractivity contribution >= 4 is 11.9 Å². The molecule has 1 aromatic heterocycles. The minimum Gasteiger partial charge on any atom is -0.480 e.